The van der Waals surface area contributed by atoms with Gasteiger partial charge in [-0.2, -0.15) is 0 Å². The van der Waals surface area contributed by atoms with Crippen LogP contribution < -0.4 is 10.6 Å². The third-order valence-electron chi connectivity index (χ3n) is 3.24. The molecule has 0 aromatic heterocycles. The molecule has 2 unspecified atom stereocenters. The van der Waals surface area contributed by atoms with Crippen molar-refractivity contribution < 1.29 is 15.0 Å². The Morgan fingerprint density at radius 3 is 2.61 bits per heavy atom. The Kier molecular flexibility index (Phi) is 3.72. The Hall–Kier alpha value is -1.75. The number of aromatic hydroxyl groups is 2. The van der Waals surface area contributed by atoms with Gasteiger partial charge < -0.3 is 20.8 Å². The molecule has 18 heavy (non-hydrogen) atoms. The normalized spacial score (nSPS) is 23.6. The van der Waals surface area contributed by atoms with E-state index in [1.807, 2.05) is 6.92 Å². The van der Waals surface area contributed by atoms with Crippen LogP contribution in [0.15, 0.2) is 18.2 Å². The van der Waals surface area contributed by atoms with E-state index >= 15 is 0 Å². The largest absolute Gasteiger partial charge is 0.508 e. The molecule has 1 fully saturated rings. The second-order valence-electron chi connectivity index (χ2n) is 4.70. The molecule has 0 bridgehead atoms. The number of hydrogen-bond donors (Lipinski definition) is 4. The molecule has 1 saturated heterocycles. The Morgan fingerprint density at radius 1 is 1.33 bits per heavy atom. The molecule has 1 aromatic rings. The van der Waals surface area contributed by atoms with E-state index in [-0.39, 0.29) is 35.1 Å². The molecule has 5 nitrogen and oxygen atoms in total. The number of amides is 1. The highest BCUT2D eigenvalue weighted by atomic mass is 16.3. The molecule has 0 radical (unpaired) electrons. The fourth-order valence-electron chi connectivity index (χ4n) is 2.22. The standard InChI is InChI=1S/C13H18N2O3/c1-8-12(3-2-4-14-8)15-13(18)9-5-10(16)7-11(17)6-9/h5-8,12,14,16-17H,2-4H2,1H3,(H,15,18). The van der Waals surface area contributed by atoms with E-state index < -0.39 is 0 Å². The van der Waals surface area contributed by atoms with Crippen molar-refractivity contribution in [2.45, 2.75) is 31.8 Å². The van der Waals surface area contributed by atoms with Crippen molar-refractivity contribution in [1.82, 2.24) is 10.6 Å². The van der Waals surface area contributed by atoms with Crippen molar-refractivity contribution in [2.24, 2.45) is 0 Å². The lowest BCUT2D eigenvalue weighted by Gasteiger charge is -2.30. The minimum atomic E-state index is -0.276. The summed E-state index contributed by atoms with van der Waals surface area (Å²) < 4.78 is 0. The molecule has 1 heterocycles. The summed E-state index contributed by atoms with van der Waals surface area (Å²) in [5, 5.41) is 24.9. The first kappa shape index (κ1) is 12.7. The molecule has 1 aromatic carbocycles. The lowest BCUT2D eigenvalue weighted by molar-refractivity contribution is 0.0919. The molecule has 5 heteroatoms. The summed E-state index contributed by atoms with van der Waals surface area (Å²) in [7, 11) is 0. The van der Waals surface area contributed by atoms with Crippen LogP contribution in [-0.4, -0.2) is 34.7 Å². The number of rotatable bonds is 2. The van der Waals surface area contributed by atoms with Crippen molar-refractivity contribution in [2.75, 3.05) is 6.54 Å². The number of piperidine rings is 1. The predicted octanol–water partition coefficient (Wildman–Crippen LogP) is 0.968. The Morgan fingerprint density at radius 2 is 2.00 bits per heavy atom. The van der Waals surface area contributed by atoms with Gasteiger partial charge in [-0.1, -0.05) is 0 Å². The van der Waals surface area contributed by atoms with Crippen molar-refractivity contribution in [1.29, 1.82) is 0 Å². The lowest BCUT2D eigenvalue weighted by atomic mass is 9.99. The maximum absolute atomic E-state index is 12.0. The third kappa shape index (κ3) is 2.92. The Balaban J connectivity index is 2.06. The first-order valence-electron chi connectivity index (χ1n) is 6.13. The van der Waals surface area contributed by atoms with Crippen LogP contribution in [0.1, 0.15) is 30.1 Å². The predicted molar refractivity (Wildman–Crippen MR) is 67.7 cm³/mol. The fraction of sp³-hybridized carbons (Fsp3) is 0.462. The maximum Gasteiger partial charge on any atom is 0.251 e. The summed E-state index contributed by atoms with van der Waals surface area (Å²) in [6, 6.07) is 4.19. The van der Waals surface area contributed by atoms with Crippen molar-refractivity contribution in [3.63, 3.8) is 0 Å². The van der Waals surface area contributed by atoms with Crippen LogP contribution in [0.25, 0.3) is 0 Å². The van der Waals surface area contributed by atoms with Gasteiger partial charge in [0.05, 0.1) is 0 Å². The van der Waals surface area contributed by atoms with Crippen molar-refractivity contribution in [3.8, 4) is 11.5 Å². The van der Waals surface area contributed by atoms with E-state index in [2.05, 4.69) is 10.6 Å². The first-order valence-corrected chi connectivity index (χ1v) is 6.13. The van der Waals surface area contributed by atoms with E-state index in [0.29, 0.717) is 0 Å². The topological polar surface area (TPSA) is 81.6 Å². The second kappa shape index (κ2) is 5.27. The molecule has 98 valence electrons. The number of phenolic OH excluding ortho intramolecular Hbond substituents is 2. The van der Waals surface area contributed by atoms with Gasteiger partial charge in [-0.15, -0.1) is 0 Å². The monoisotopic (exact) mass is 250 g/mol. The Labute approximate surface area is 106 Å². The van der Waals surface area contributed by atoms with Gasteiger partial charge in [0.1, 0.15) is 11.5 Å². The van der Waals surface area contributed by atoms with Crippen molar-refractivity contribution in [3.05, 3.63) is 23.8 Å². The van der Waals surface area contributed by atoms with E-state index in [1.54, 1.807) is 0 Å². The first-order chi connectivity index (χ1) is 8.56. The van der Waals surface area contributed by atoms with Crippen LogP contribution in [0, 0.1) is 0 Å². The molecule has 0 aliphatic carbocycles. The number of carbonyl (C=O) groups is 1. The summed E-state index contributed by atoms with van der Waals surface area (Å²) in [5.41, 5.74) is 0.269. The van der Waals surface area contributed by atoms with E-state index in [0.717, 1.165) is 19.4 Å². The Bertz CT molecular complexity index is 428. The molecule has 2 rings (SSSR count). The number of phenols is 2. The van der Waals surface area contributed by atoms with Crippen LogP contribution in [0.5, 0.6) is 11.5 Å². The molecule has 1 amide bonds. The van der Waals surface area contributed by atoms with Gasteiger partial charge in [-0.25, -0.2) is 0 Å². The van der Waals surface area contributed by atoms with Crippen LogP contribution in [0.2, 0.25) is 0 Å². The number of hydrogen-bond acceptors (Lipinski definition) is 4. The van der Waals surface area contributed by atoms with Gasteiger partial charge in [0.25, 0.3) is 5.91 Å². The quantitative estimate of drug-likeness (QED) is 0.630. The van der Waals surface area contributed by atoms with Gasteiger partial charge in [0.15, 0.2) is 0 Å². The molecular weight excluding hydrogens is 232 g/mol. The average Bonchev–Trinajstić information content (AvgIpc) is 2.31. The molecule has 0 spiro atoms. The summed E-state index contributed by atoms with van der Waals surface area (Å²) in [6.07, 6.45) is 1.96. The summed E-state index contributed by atoms with van der Waals surface area (Å²) in [5.74, 6) is -0.508. The molecule has 2 atom stereocenters. The van der Waals surface area contributed by atoms with Crippen LogP contribution >= 0.6 is 0 Å². The van der Waals surface area contributed by atoms with Gasteiger partial charge in [-0.3, -0.25) is 4.79 Å². The second-order valence-corrected chi connectivity index (χ2v) is 4.70. The summed E-state index contributed by atoms with van der Waals surface area (Å²) >= 11 is 0. The number of carbonyl (C=O) groups excluding carboxylic acids is 1. The van der Waals surface area contributed by atoms with Gasteiger partial charge in [0, 0.05) is 23.7 Å². The molecule has 4 N–H and O–H groups in total. The SMILES string of the molecule is CC1NCCCC1NC(=O)c1cc(O)cc(O)c1. The smallest absolute Gasteiger partial charge is 0.251 e. The van der Waals surface area contributed by atoms with Gasteiger partial charge in [-0.05, 0) is 38.4 Å². The fourth-order valence-corrected chi connectivity index (χ4v) is 2.22. The van der Waals surface area contributed by atoms with Crippen LogP contribution in [0.4, 0.5) is 0 Å². The number of nitrogens with one attached hydrogen (secondary N) is 2. The molecular formula is C13H18N2O3. The van der Waals surface area contributed by atoms with E-state index in [4.69, 9.17) is 0 Å². The van der Waals surface area contributed by atoms with Gasteiger partial charge in [0.2, 0.25) is 0 Å². The zero-order valence-corrected chi connectivity index (χ0v) is 10.3. The average molecular weight is 250 g/mol. The van der Waals surface area contributed by atoms with Crippen molar-refractivity contribution >= 4 is 5.91 Å². The highest BCUT2D eigenvalue weighted by Crippen LogP contribution is 2.20. The number of benzene rings is 1. The lowest BCUT2D eigenvalue weighted by Crippen LogP contribution is -2.51. The van der Waals surface area contributed by atoms with E-state index in [9.17, 15) is 15.0 Å². The minimum absolute atomic E-state index is 0.0794. The maximum atomic E-state index is 12.0. The highest BCUT2D eigenvalue weighted by molar-refractivity contribution is 5.95. The highest BCUT2D eigenvalue weighted by Gasteiger charge is 2.23. The van der Waals surface area contributed by atoms with Crippen LogP contribution in [0.3, 0.4) is 0 Å². The van der Waals surface area contributed by atoms with Crippen LogP contribution in [-0.2, 0) is 0 Å². The minimum Gasteiger partial charge on any atom is -0.508 e. The van der Waals surface area contributed by atoms with E-state index in [1.165, 1.54) is 18.2 Å². The zero-order valence-electron chi connectivity index (χ0n) is 10.3. The zero-order chi connectivity index (χ0) is 13.1. The molecule has 1 aliphatic rings. The third-order valence-corrected chi connectivity index (χ3v) is 3.24. The van der Waals surface area contributed by atoms with Gasteiger partial charge >= 0.3 is 0 Å². The summed E-state index contributed by atoms with van der Waals surface area (Å²) in [4.78, 5) is 12.0. The molecule has 1 aliphatic heterocycles. The molecule has 0 saturated carbocycles. The summed E-state index contributed by atoms with van der Waals surface area (Å²) in [6.45, 7) is 3.00.